The second-order valence-electron chi connectivity index (χ2n) is 7.75. The van der Waals surface area contributed by atoms with E-state index in [1.165, 1.54) is 0 Å². The van der Waals surface area contributed by atoms with E-state index < -0.39 is 0 Å². The Labute approximate surface area is 190 Å². The van der Waals surface area contributed by atoms with Gasteiger partial charge in [-0.1, -0.05) is 54.6 Å². The van der Waals surface area contributed by atoms with Crippen molar-refractivity contribution < 1.29 is 9.53 Å². The fraction of sp³-hybridized carbons (Fsp3) is 0.115. The van der Waals surface area contributed by atoms with Crippen LogP contribution in [0.15, 0.2) is 78.9 Å². The van der Waals surface area contributed by atoms with E-state index in [-0.39, 0.29) is 5.91 Å². The Balaban J connectivity index is 1.58. The Morgan fingerprint density at radius 3 is 2.27 bits per heavy atom. The molecule has 2 heterocycles. The van der Waals surface area contributed by atoms with Crippen LogP contribution in [0.25, 0.3) is 22.2 Å². The molecule has 0 aliphatic rings. The van der Waals surface area contributed by atoms with Crippen LogP contribution in [-0.2, 0) is 13.1 Å². The maximum absolute atomic E-state index is 13.2. The molecule has 3 aromatic carbocycles. The van der Waals surface area contributed by atoms with E-state index in [0.717, 1.165) is 22.4 Å². The zero-order valence-electron chi connectivity index (χ0n) is 18.2. The first-order chi connectivity index (χ1) is 16.1. The summed E-state index contributed by atoms with van der Waals surface area (Å²) in [4.78, 5) is 22.8. The molecule has 5 aromatic rings. The number of rotatable bonds is 6. The van der Waals surface area contributed by atoms with Crippen molar-refractivity contribution in [2.75, 3.05) is 12.8 Å². The summed E-state index contributed by atoms with van der Waals surface area (Å²) < 4.78 is 7.10. The molecule has 0 aliphatic heterocycles. The lowest BCUT2D eigenvalue weighted by Crippen LogP contribution is -2.24. The minimum atomic E-state index is -0.278. The van der Waals surface area contributed by atoms with E-state index in [9.17, 15) is 4.79 Å². The summed E-state index contributed by atoms with van der Waals surface area (Å²) in [7, 11) is 1.63. The Morgan fingerprint density at radius 1 is 0.909 bits per heavy atom. The highest BCUT2D eigenvalue weighted by atomic mass is 16.5. The summed E-state index contributed by atoms with van der Waals surface area (Å²) in [5.74, 6) is 0.831. The van der Waals surface area contributed by atoms with Crippen molar-refractivity contribution in [3.63, 3.8) is 0 Å². The second kappa shape index (κ2) is 8.63. The van der Waals surface area contributed by atoms with Crippen molar-refractivity contribution >= 4 is 33.9 Å². The molecule has 7 nitrogen and oxygen atoms in total. The van der Waals surface area contributed by atoms with Gasteiger partial charge in [-0.3, -0.25) is 4.79 Å². The molecule has 5 rings (SSSR count). The SMILES string of the molecule is COc1ccc(Cn2c(N)c(C(=O)NCc3ccccc3)c3nc4ccccc4nc32)cc1. The summed E-state index contributed by atoms with van der Waals surface area (Å²) >= 11 is 0. The maximum Gasteiger partial charge on any atom is 0.257 e. The molecule has 0 saturated heterocycles. The Hall–Kier alpha value is -4.39. The molecular formula is C26H23N5O2. The number of anilines is 1. The number of amides is 1. The molecule has 0 bridgehead atoms. The van der Waals surface area contributed by atoms with Gasteiger partial charge >= 0.3 is 0 Å². The third kappa shape index (κ3) is 3.96. The van der Waals surface area contributed by atoms with Crippen molar-refractivity contribution in [2.24, 2.45) is 0 Å². The van der Waals surface area contributed by atoms with Crippen LogP contribution in [0.5, 0.6) is 5.75 Å². The molecular weight excluding hydrogens is 414 g/mol. The topological polar surface area (TPSA) is 95.1 Å². The fourth-order valence-electron chi connectivity index (χ4n) is 3.88. The lowest BCUT2D eigenvalue weighted by Gasteiger charge is -2.09. The number of nitrogens with two attached hydrogens (primary N) is 1. The Kier molecular flexibility index (Phi) is 5.36. The van der Waals surface area contributed by atoms with Crippen molar-refractivity contribution in [3.05, 3.63) is 95.6 Å². The number of nitrogens with one attached hydrogen (secondary N) is 1. The van der Waals surface area contributed by atoms with Crippen LogP contribution < -0.4 is 15.8 Å². The molecule has 1 amide bonds. The molecule has 33 heavy (non-hydrogen) atoms. The van der Waals surface area contributed by atoms with Crippen LogP contribution in [0.4, 0.5) is 5.82 Å². The average Bonchev–Trinajstić information content (AvgIpc) is 3.12. The standard InChI is InChI=1S/C26H23N5O2/c1-33-19-13-11-18(12-14-19)16-31-24(27)22(26(32)28-15-17-7-3-2-4-8-17)23-25(31)30-21-10-6-5-9-20(21)29-23/h2-14H,15-16,27H2,1H3,(H,28,32). The first kappa shape index (κ1) is 20.5. The number of methoxy groups -OCH3 is 1. The number of hydrogen-bond donors (Lipinski definition) is 2. The highest BCUT2D eigenvalue weighted by Crippen LogP contribution is 2.29. The van der Waals surface area contributed by atoms with Crippen molar-refractivity contribution in [2.45, 2.75) is 13.1 Å². The summed E-state index contributed by atoms with van der Waals surface area (Å²) in [6.07, 6.45) is 0. The zero-order chi connectivity index (χ0) is 22.8. The van der Waals surface area contributed by atoms with E-state index in [0.29, 0.717) is 41.2 Å². The maximum atomic E-state index is 13.2. The number of aromatic nitrogens is 3. The normalized spacial score (nSPS) is 11.1. The summed E-state index contributed by atoms with van der Waals surface area (Å²) in [5.41, 5.74) is 11.4. The third-order valence-electron chi connectivity index (χ3n) is 5.61. The highest BCUT2D eigenvalue weighted by molar-refractivity contribution is 6.10. The average molecular weight is 438 g/mol. The van der Waals surface area contributed by atoms with E-state index in [1.807, 2.05) is 83.4 Å². The van der Waals surface area contributed by atoms with Crippen LogP contribution >= 0.6 is 0 Å². The molecule has 0 unspecified atom stereocenters. The van der Waals surface area contributed by atoms with Crippen molar-refractivity contribution in [3.8, 4) is 5.75 Å². The van der Waals surface area contributed by atoms with E-state index in [1.54, 1.807) is 7.11 Å². The first-order valence-corrected chi connectivity index (χ1v) is 10.6. The minimum absolute atomic E-state index is 0.278. The summed E-state index contributed by atoms with van der Waals surface area (Å²) in [5, 5.41) is 2.97. The number of carbonyl (C=O) groups excluding carboxylic acids is 1. The predicted molar refractivity (Wildman–Crippen MR) is 129 cm³/mol. The molecule has 0 atom stereocenters. The van der Waals surface area contributed by atoms with E-state index >= 15 is 0 Å². The first-order valence-electron chi connectivity index (χ1n) is 10.6. The summed E-state index contributed by atoms with van der Waals surface area (Å²) in [6, 6.07) is 25.1. The molecule has 0 aliphatic carbocycles. The van der Waals surface area contributed by atoms with Gasteiger partial charge < -0.3 is 20.4 Å². The summed E-state index contributed by atoms with van der Waals surface area (Å²) in [6.45, 7) is 0.844. The van der Waals surface area contributed by atoms with Gasteiger partial charge in [0.05, 0.1) is 24.7 Å². The lowest BCUT2D eigenvalue weighted by molar-refractivity contribution is 0.0953. The molecule has 0 fully saturated rings. The second-order valence-corrected chi connectivity index (χ2v) is 7.75. The molecule has 2 aromatic heterocycles. The van der Waals surface area contributed by atoms with Crippen LogP contribution in [-0.4, -0.2) is 27.6 Å². The van der Waals surface area contributed by atoms with Gasteiger partial charge in [-0.2, -0.15) is 0 Å². The number of hydrogen-bond acceptors (Lipinski definition) is 5. The monoisotopic (exact) mass is 437 g/mol. The van der Waals surface area contributed by atoms with Crippen LogP contribution in [0.1, 0.15) is 21.5 Å². The van der Waals surface area contributed by atoms with Crippen LogP contribution in [0.2, 0.25) is 0 Å². The van der Waals surface area contributed by atoms with Gasteiger partial charge in [0, 0.05) is 6.54 Å². The number of para-hydroxylation sites is 2. The molecule has 0 radical (unpaired) electrons. The number of nitrogen functional groups attached to an aromatic ring is 1. The lowest BCUT2D eigenvalue weighted by atomic mass is 10.2. The number of benzene rings is 3. The number of ether oxygens (including phenoxy) is 1. The van der Waals surface area contributed by atoms with Gasteiger partial charge in [-0.25, -0.2) is 9.97 Å². The van der Waals surface area contributed by atoms with Crippen molar-refractivity contribution in [1.82, 2.24) is 19.9 Å². The molecule has 164 valence electrons. The largest absolute Gasteiger partial charge is 0.497 e. The van der Waals surface area contributed by atoms with Gasteiger partial charge in [0.2, 0.25) is 0 Å². The number of nitrogens with zero attached hydrogens (tertiary/aromatic N) is 3. The van der Waals surface area contributed by atoms with Crippen molar-refractivity contribution in [1.29, 1.82) is 0 Å². The quantitative estimate of drug-likeness (QED) is 0.416. The third-order valence-corrected chi connectivity index (χ3v) is 5.61. The Morgan fingerprint density at radius 2 is 1.58 bits per heavy atom. The van der Waals surface area contributed by atoms with Crippen LogP contribution in [0, 0.1) is 0 Å². The van der Waals surface area contributed by atoms with Gasteiger partial charge in [0.15, 0.2) is 5.65 Å². The zero-order valence-corrected chi connectivity index (χ0v) is 18.2. The predicted octanol–water partition coefficient (Wildman–Crippen LogP) is 4.15. The fourth-order valence-corrected chi connectivity index (χ4v) is 3.88. The minimum Gasteiger partial charge on any atom is -0.497 e. The van der Waals surface area contributed by atoms with E-state index in [2.05, 4.69) is 5.32 Å². The molecule has 0 saturated carbocycles. The molecule has 3 N–H and O–H groups in total. The Bertz CT molecular complexity index is 1440. The number of carbonyl (C=O) groups is 1. The molecule has 0 spiro atoms. The van der Waals surface area contributed by atoms with Gasteiger partial charge in [0.25, 0.3) is 5.91 Å². The van der Waals surface area contributed by atoms with Gasteiger partial charge in [-0.05, 0) is 35.4 Å². The molecule has 7 heteroatoms. The number of fused-ring (bicyclic) bond motifs is 2. The van der Waals surface area contributed by atoms with Gasteiger partial charge in [-0.15, -0.1) is 0 Å². The highest BCUT2D eigenvalue weighted by Gasteiger charge is 2.24. The van der Waals surface area contributed by atoms with Crippen LogP contribution in [0.3, 0.4) is 0 Å². The van der Waals surface area contributed by atoms with E-state index in [4.69, 9.17) is 20.4 Å². The smallest absolute Gasteiger partial charge is 0.257 e. The van der Waals surface area contributed by atoms with Gasteiger partial charge in [0.1, 0.15) is 22.6 Å².